The first kappa shape index (κ1) is 16.7. The Hall–Kier alpha value is -2.68. The summed E-state index contributed by atoms with van der Waals surface area (Å²) in [5.74, 6) is -1.21. The van der Waals surface area contributed by atoms with Crippen molar-refractivity contribution >= 4 is 27.1 Å². The predicted octanol–water partition coefficient (Wildman–Crippen LogP) is 2.60. The van der Waals surface area contributed by atoms with Gasteiger partial charge in [0.25, 0.3) is 10.0 Å². The molecule has 2 rings (SSSR count). The Bertz CT molecular complexity index is 836. The van der Waals surface area contributed by atoms with Crippen LogP contribution in [0.4, 0.5) is 21.5 Å². The van der Waals surface area contributed by atoms with E-state index in [1.165, 1.54) is 12.1 Å². The molecule has 0 unspecified atom stereocenters. The van der Waals surface area contributed by atoms with E-state index in [2.05, 4.69) is 4.72 Å². The van der Waals surface area contributed by atoms with Gasteiger partial charge < -0.3 is 4.90 Å². The monoisotopic (exact) mass is 339 g/mol. The average molecular weight is 339 g/mol. The molecule has 7 nitrogen and oxygen atoms in total. The molecule has 0 heterocycles. The van der Waals surface area contributed by atoms with E-state index in [1.807, 2.05) is 19.0 Å². The topological polar surface area (TPSA) is 92.6 Å². The summed E-state index contributed by atoms with van der Waals surface area (Å²) in [7, 11) is -0.633. The number of nitro groups is 1. The third kappa shape index (κ3) is 3.57. The summed E-state index contributed by atoms with van der Waals surface area (Å²) in [5, 5.41) is 10.9. The fourth-order valence-electron chi connectivity index (χ4n) is 1.93. The molecule has 0 spiro atoms. The Labute approximate surface area is 132 Å². The maximum absolute atomic E-state index is 13.6. The first-order valence-electron chi connectivity index (χ1n) is 6.45. The third-order valence-corrected chi connectivity index (χ3v) is 4.47. The Morgan fingerprint density at radius 3 is 2.26 bits per heavy atom. The van der Waals surface area contributed by atoms with Crippen LogP contribution in [0.25, 0.3) is 0 Å². The van der Waals surface area contributed by atoms with E-state index in [0.717, 1.165) is 23.9 Å². The lowest BCUT2D eigenvalue weighted by molar-refractivity contribution is -0.390. The van der Waals surface area contributed by atoms with Crippen LogP contribution in [0.3, 0.4) is 0 Å². The Kier molecular flexibility index (Phi) is 4.50. The van der Waals surface area contributed by atoms with E-state index in [0.29, 0.717) is 0 Å². The molecule has 2 aromatic carbocycles. The molecule has 2 aromatic rings. The van der Waals surface area contributed by atoms with Crippen molar-refractivity contribution in [3.63, 3.8) is 0 Å². The highest BCUT2D eigenvalue weighted by atomic mass is 32.2. The van der Waals surface area contributed by atoms with Gasteiger partial charge in [0.1, 0.15) is 0 Å². The van der Waals surface area contributed by atoms with Crippen molar-refractivity contribution in [1.82, 2.24) is 0 Å². The van der Waals surface area contributed by atoms with Gasteiger partial charge in [0.15, 0.2) is 4.90 Å². The number of nitro benzene ring substituents is 1. The van der Waals surface area contributed by atoms with Crippen LogP contribution < -0.4 is 9.62 Å². The van der Waals surface area contributed by atoms with E-state index >= 15 is 0 Å². The molecule has 0 radical (unpaired) electrons. The molecule has 0 aromatic heterocycles. The van der Waals surface area contributed by atoms with Gasteiger partial charge in [-0.3, -0.25) is 14.8 Å². The van der Waals surface area contributed by atoms with Gasteiger partial charge in [-0.25, -0.2) is 8.42 Å². The molecule has 122 valence electrons. The Morgan fingerprint density at radius 2 is 1.74 bits per heavy atom. The summed E-state index contributed by atoms with van der Waals surface area (Å²) in [6.45, 7) is 0. The second kappa shape index (κ2) is 6.21. The normalized spacial score (nSPS) is 11.1. The van der Waals surface area contributed by atoms with Crippen LogP contribution in [0.1, 0.15) is 0 Å². The molecule has 0 aliphatic rings. The SMILES string of the molecule is CN(C)c1ccc(NS(=O)(=O)c2cccc(F)c2[N+](=O)[O-])cc1. The van der Waals surface area contributed by atoms with Gasteiger partial charge in [-0.2, -0.15) is 4.39 Å². The quantitative estimate of drug-likeness (QED) is 0.668. The van der Waals surface area contributed by atoms with Gasteiger partial charge in [-0.05, 0) is 36.4 Å². The van der Waals surface area contributed by atoms with Crippen LogP contribution in [0, 0.1) is 15.9 Å². The number of nitrogens with zero attached hydrogens (tertiary/aromatic N) is 2. The summed E-state index contributed by atoms with van der Waals surface area (Å²) < 4.78 is 40.4. The number of sulfonamides is 1. The molecule has 0 bridgehead atoms. The molecule has 0 amide bonds. The number of benzene rings is 2. The van der Waals surface area contributed by atoms with Crippen LogP contribution in [0.15, 0.2) is 47.4 Å². The second-order valence-electron chi connectivity index (χ2n) is 4.89. The van der Waals surface area contributed by atoms with Gasteiger partial charge >= 0.3 is 5.69 Å². The molecule has 0 saturated heterocycles. The van der Waals surface area contributed by atoms with Crippen molar-refractivity contribution < 1.29 is 17.7 Å². The summed E-state index contributed by atoms with van der Waals surface area (Å²) >= 11 is 0. The molecule has 9 heteroatoms. The van der Waals surface area contributed by atoms with Crippen molar-refractivity contribution in [3.8, 4) is 0 Å². The van der Waals surface area contributed by atoms with Crippen molar-refractivity contribution in [3.05, 3.63) is 58.4 Å². The lowest BCUT2D eigenvalue weighted by Crippen LogP contribution is -2.15. The standard InChI is InChI=1S/C14H14FN3O4S/c1-17(2)11-8-6-10(7-9-11)16-23(21,22)13-5-3-4-12(15)14(13)18(19)20/h3-9,16H,1-2H3. The zero-order valence-electron chi connectivity index (χ0n) is 12.4. The number of hydrogen-bond acceptors (Lipinski definition) is 5. The molecule has 1 N–H and O–H groups in total. The van der Waals surface area contributed by atoms with E-state index in [1.54, 1.807) is 12.1 Å². The van der Waals surface area contributed by atoms with E-state index in [4.69, 9.17) is 0 Å². The van der Waals surface area contributed by atoms with E-state index in [-0.39, 0.29) is 5.69 Å². The maximum Gasteiger partial charge on any atom is 0.325 e. The van der Waals surface area contributed by atoms with Gasteiger partial charge in [0, 0.05) is 25.5 Å². The summed E-state index contributed by atoms with van der Waals surface area (Å²) in [4.78, 5) is 11.0. The third-order valence-electron chi connectivity index (χ3n) is 3.06. The minimum absolute atomic E-state index is 0.217. The van der Waals surface area contributed by atoms with Crippen LogP contribution >= 0.6 is 0 Å². The van der Waals surface area contributed by atoms with Crippen LogP contribution in [0.2, 0.25) is 0 Å². The molecular formula is C14H14FN3O4S. The Morgan fingerprint density at radius 1 is 1.13 bits per heavy atom. The zero-order valence-corrected chi connectivity index (χ0v) is 13.2. The van der Waals surface area contributed by atoms with Crippen LogP contribution in [-0.2, 0) is 10.0 Å². The molecule has 0 fully saturated rings. The highest BCUT2D eigenvalue weighted by Crippen LogP contribution is 2.28. The first-order chi connectivity index (χ1) is 10.7. The molecule has 23 heavy (non-hydrogen) atoms. The van der Waals surface area contributed by atoms with Crippen LogP contribution in [-0.4, -0.2) is 27.4 Å². The van der Waals surface area contributed by atoms with Gasteiger partial charge in [-0.15, -0.1) is 0 Å². The number of rotatable bonds is 5. The minimum atomic E-state index is -4.29. The number of hydrogen-bond donors (Lipinski definition) is 1. The maximum atomic E-state index is 13.6. The fraction of sp³-hybridized carbons (Fsp3) is 0.143. The number of halogens is 1. The Balaban J connectivity index is 2.40. The second-order valence-corrected chi connectivity index (χ2v) is 6.54. The van der Waals surface area contributed by atoms with E-state index in [9.17, 15) is 22.9 Å². The van der Waals surface area contributed by atoms with Crippen molar-refractivity contribution in [2.45, 2.75) is 4.90 Å². The molecular weight excluding hydrogens is 325 g/mol. The molecule has 0 aliphatic heterocycles. The van der Waals surface area contributed by atoms with Crippen LogP contribution in [0.5, 0.6) is 0 Å². The van der Waals surface area contributed by atoms with Crippen molar-refractivity contribution in [1.29, 1.82) is 0 Å². The highest BCUT2D eigenvalue weighted by molar-refractivity contribution is 7.92. The van der Waals surface area contributed by atoms with Gasteiger partial charge in [-0.1, -0.05) is 6.07 Å². The average Bonchev–Trinajstić information content (AvgIpc) is 2.46. The smallest absolute Gasteiger partial charge is 0.325 e. The summed E-state index contributed by atoms with van der Waals surface area (Å²) in [6.07, 6.45) is 0. The summed E-state index contributed by atoms with van der Waals surface area (Å²) in [5.41, 5.74) is -0.0104. The predicted molar refractivity (Wildman–Crippen MR) is 84.6 cm³/mol. The fourth-order valence-corrected chi connectivity index (χ4v) is 3.17. The lowest BCUT2D eigenvalue weighted by atomic mass is 10.3. The number of para-hydroxylation sites is 1. The molecule has 0 aliphatic carbocycles. The van der Waals surface area contributed by atoms with Crippen molar-refractivity contribution in [2.24, 2.45) is 0 Å². The van der Waals surface area contributed by atoms with E-state index < -0.39 is 31.3 Å². The molecule has 0 saturated carbocycles. The minimum Gasteiger partial charge on any atom is -0.378 e. The van der Waals surface area contributed by atoms with Crippen molar-refractivity contribution in [2.75, 3.05) is 23.7 Å². The highest BCUT2D eigenvalue weighted by Gasteiger charge is 2.29. The first-order valence-corrected chi connectivity index (χ1v) is 7.94. The zero-order chi connectivity index (χ0) is 17.2. The number of anilines is 2. The summed E-state index contributed by atoms with van der Waals surface area (Å²) in [6, 6.07) is 9.30. The molecule has 0 atom stereocenters. The largest absolute Gasteiger partial charge is 0.378 e. The van der Waals surface area contributed by atoms with Gasteiger partial charge in [0.2, 0.25) is 5.82 Å². The van der Waals surface area contributed by atoms with Gasteiger partial charge in [0.05, 0.1) is 4.92 Å². The lowest BCUT2D eigenvalue weighted by Gasteiger charge is -2.13. The number of nitrogens with one attached hydrogen (secondary N) is 1.